The van der Waals surface area contributed by atoms with Gasteiger partial charge < -0.3 is 14.6 Å². The molecule has 2 aromatic carbocycles. The number of nitro groups is 2. The van der Waals surface area contributed by atoms with Gasteiger partial charge in [0, 0.05) is 59.2 Å². The Hall–Kier alpha value is -3.74. The van der Waals surface area contributed by atoms with Crippen molar-refractivity contribution in [2.45, 2.75) is 26.6 Å². The van der Waals surface area contributed by atoms with Crippen LogP contribution >= 0.6 is 0 Å². The standard InChI is InChI=1S/C18H20N4O4.C2HF3O2/c1-3-19(4-2)9-10-20-17-7-5-13(21(23)24)11-15(17)16-12-14(22(25)26)6-8-18(16)20;3-2(4,5)1(6)7/h5-8,11-12H,3-4,9-10H2,1-2H3;(H,6,7). The molecule has 1 N–H and O–H groups in total. The third-order valence-corrected chi connectivity index (χ3v) is 5.03. The molecule has 0 radical (unpaired) electrons. The molecule has 0 fully saturated rings. The summed E-state index contributed by atoms with van der Waals surface area (Å²) >= 11 is 0. The highest BCUT2D eigenvalue weighted by molar-refractivity contribution is 6.09. The SMILES string of the molecule is CCN(CC)CCn1c2ccc([N+](=O)[O-])cc2c2cc([N+](=O)[O-])ccc21.O=C(O)C(F)(F)F. The molecule has 0 spiro atoms. The van der Waals surface area contributed by atoms with Crippen LogP contribution in [0.3, 0.4) is 0 Å². The Labute approximate surface area is 185 Å². The van der Waals surface area contributed by atoms with E-state index < -0.39 is 22.0 Å². The van der Waals surface area contributed by atoms with E-state index >= 15 is 0 Å². The smallest absolute Gasteiger partial charge is 0.475 e. The van der Waals surface area contributed by atoms with Crippen LogP contribution in [0.5, 0.6) is 0 Å². The largest absolute Gasteiger partial charge is 0.490 e. The van der Waals surface area contributed by atoms with Gasteiger partial charge in [-0.15, -0.1) is 0 Å². The molecule has 33 heavy (non-hydrogen) atoms. The number of nitrogens with zero attached hydrogens (tertiary/aromatic N) is 4. The first-order valence-corrected chi connectivity index (χ1v) is 9.77. The van der Waals surface area contributed by atoms with Gasteiger partial charge in [0.1, 0.15) is 0 Å². The average molecular weight is 470 g/mol. The van der Waals surface area contributed by atoms with Crippen molar-refractivity contribution in [1.82, 2.24) is 9.47 Å². The second kappa shape index (κ2) is 10.3. The van der Waals surface area contributed by atoms with Crippen molar-refractivity contribution >= 4 is 39.1 Å². The minimum Gasteiger partial charge on any atom is -0.475 e. The fourth-order valence-electron chi connectivity index (χ4n) is 3.33. The van der Waals surface area contributed by atoms with Gasteiger partial charge in [0.2, 0.25) is 0 Å². The second-order valence-electron chi connectivity index (χ2n) is 6.90. The Morgan fingerprint density at radius 3 is 1.67 bits per heavy atom. The fourth-order valence-corrected chi connectivity index (χ4v) is 3.33. The number of halogens is 3. The Kier molecular flexibility index (Phi) is 7.93. The first-order chi connectivity index (χ1) is 15.4. The predicted octanol–water partition coefficient (Wildman–Crippen LogP) is 4.59. The maximum absolute atomic E-state index is 11.1. The Bertz CT molecular complexity index is 1120. The van der Waals surface area contributed by atoms with Crippen molar-refractivity contribution in [3.8, 4) is 0 Å². The van der Waals surface area contributed by atoms with E-state index in [-0.39, 0.29) is 11.4 Å². The summed E-state index contributed by atoms with van der Waals surface area (Å²) in [6.07, 6.45) is -5.08. The number of carboxylic acids is 1. The van der Waals surface area contributed by atoms with Crippen molar-refractivity contribution < 1.29 is 32.9 Å². The number of aromatic nitrogens is 1. The number of hydrogen-bond donors (Lipinski definition) is 1. The molecule has 1 aromatic heterocycles. The quantitative estimate of drug-likeness (QED) is 0.395. The van der Waals surface area contributed by atoms with Gasteiger partial charge in [-0.2, -0.15) is 13.2 Å². The number of hydrogen-bond acceptors (Lipinski definition) is 6. The van der Waals surface area contributed by atoms with Crippen LogP contribution in [0.15, 0.2) is 36.4 Å². The van der Waals surface area contributed by atoms with E-state index in [4.69, 9.17) is 9.90 Å². The third kappa shape index (κ3) is 5.94. The molecule has 0 unspecified atom stereocenters. The van der Waals surface area contributed by atoms with Crippen LogP contribution in [0, 0.1) is 20.2 Å². The van der Waals surface area contributed by atoms with Crippen molar-refractivity contribution in [3.63, 3.8) is 0 Å². The molecule has 10 nitrogen and oxygen atoms in total. The maximum atomic E-state index is 11.1. The number of likely N-dealkylation sites (N-methyl/N-ethyl adjacent to an activating group) is 1. The van der Waals surface area contributed by atoms with E-state index in [1.807, 2.05) is 0 Å². The van der Waals surface area contributed by atoms with Crippen LogP contribution < -0.4 is 0 Å². The first-order valence-electron chi connectivity index (χ1n) is 9.77. The van der Waals surface area contributed by atoms with Crippen LogP contribution in [0.1, 0.15) is 13.8 Å². The summed E-state index contributed by atoms with van der Waals surface area (Å²) in [6.45, 7) is 7.61. The van der Waals surface area contributed by atoms with Crippen molar-refractivity contribution in [1.29, 1.82) is 0 Å². The van der Waals surface area contributed by atoms with Crippen molar-refractivity contribution in [2.24, 2.45) is 0 Å². The molecule has 0 amide bonds. The molecule has 0 saturated carbocycles. The highest BCUT2D eigenvalue weighted by Gasteiger charge is 2.38. The Morgan fingerprint density at radius 2 is 1.36 bits per heavy atom. The number of benzene rings is 2. The molecule has 0 aliphatic rings. The Balaban J connectivity index is 0.000000479. The summed E-state index contributed by atoms with van der Waals surface area (Å²) in [5, 5.41) is 30.7. The predicted molar refractivity (Wildman–Crippen MR) is 114 cm³/mol. The summed E-state index contributed by atoms with van der Waals surface area (Å²) < 4.78 is 33.8. The summed E-state index contributed by atoms with van der Waals surface area (Å²) in [7, 11) is 0. The fraction of sp³-hybridized carbons (Fsp3) is 0.350. The first kappa shape index (κ1) is 25.5. The highest BCUT2D eigenvalue weighted by Crippen LogP contribution is 2.33. The van der Waals surface area contributed by atoms with E-state index in [1.165, 1.54) is 24.3 Å². The second-order valence-corrected chi connectivity index (χ2v) is 6.90. The molecule has 3 aromatic rings. The van der Waals surface area contributed by atoms with E-state index in [0.717, 1.165) is 30.7 Å². The van der Waals surface area contributed by atoms with Gasteiger partial charge in [-0.25, -0.2) is 4.79 Å². The van der Waals surface area contributed by atoms with Gasteiger partial charge in [0.25, 0.3) is 11.4 Å². The lowest BCUT2D eigenvalue weighted by molar-refractivity contribution is -0.385. The van der Waals surface area contributed by atoms with Gasteiger partial charge in [-0.3, -0.25) is 20.2 Å². The number of non-ortho nitro benzene ring substituents is 2. The van der Waals surface area contributed by atoms with Gasteiger partial charge >= 0.3 is 12.1 Å². The zero-order valence-corrected chi connectivity index (χ0v) is 17.7. The van der Waals surface area contributed by atoms with Crippen molar-refractivity contribution in [3.05, 3.63) is 56.6 Å². The lowest BCUT2D eigenvalue weighted by Crippen LogP contribution is -2.26. The lowest BCUT2D eigenvalue weighted by Gasteiger charge is -2.19. The molecule has 13 heteroatoms. The van der Waals surface area contributed by atoms with Gasteiger partial charge in [-0.05, 0) is 25.2 Å². The van der Waals surface area contributed by atoms with Gasteiger partial charge in [-0.1, -0.05) is 13.8 Å². The highest BCUT2D eigenvalue weighted by atomic mass is 19.4. The van der Waals surface area contributed by atoms with E-state index in [1.54, 1.807) is 12.1 Å². The molecule has 0 bridgehead atoms. The molecule has 0 aliphatic carbocycles. The minimum atomic E-state index is -5.08. The van der Waals surface area contributed by atoms with Crippen LogP contribution in [0.4, 0.5) is 24.5 Å². The monoisotopic (exact) mass is 470 g/mol. The maximum Gasteiger partial charge on any atom is 0.490 e. The number of rotatable bonds is 7. The Morgan fingerprint density at radius 1 is 0.970 bits per heavy atom. The average Bonchev–Trinajstić information content (AvgIpc) is 3.06. The molecule has 1 heterocycles. The normalized spacial score (nSPS) is 11.5. The molecule has 3 rings (SSSR count). The van der Waals surface area contributed by atoms with E-state index in [2.05, 4.69) is 23.3 Å². The van der Waals surface area contributed by atoms with Crippen LogP contribution in [0.25, 0.3) is 21.8 Å². The molecule has 0 atom stereocenters. The van der Waals surface area contributed by atoms with E-state index in [9.17, 15) is 33.4 Å². The summed E-state index contributed by atoms with van der Waals surface area (Å²) in [6, 6.07) is 9.39. The van der Waals surface area contributed by atoms with E-state index in [0.29, 0.717) is 17.3 Å². The molecular weight excluding hydrogens is 449 g/mol. The molecule has 0 aliphatic heterocycles. The number of nitro benzene ring substituents is 2. The van der Waals surface area contributed by atoms with Gasteiger partial charge in [0.05, 0.1) is 9.85 Å². The number of alkyl halides is 3. The minimum absolute atomic E-state index is 0.0215. The molecule has 0 saturated heterocycles. The summed E-state index contributed by atoms with van der Waals surface area (Å²) in [4.78, 5) is 32.6. The van der Waals surface area contributed by atoms with Crippen LogP contribution in [-0.2, 0) is 11.3 Å². The van der Waals surface area contributed by atoms with Gasteiger partial charge in [0.15, 0.2) is 0 Å². The van der Waals surface area contributed by atoms with Crippen molar-refractivity contribution in [2.75, 3.05) is 19.6 Å². The van der Waals surface area contributed by atoms with Crippen LogP contribution in [0.2, 0.25) is 0 Å². The molecule has 178 valence electrons. The number of carboxylic acid groups (broad SMARTS) is 1. The number of carbonyl (C=O) groups is 1. The zero-order chi connectivity index (χ0) is 24.9. The molecular formula is C20H21F3N4O6. The number of fused-ring (bicyclic) bond motifs is 3. The summed E-state index contributed by atoms with van der Waals surface area (Å²) in [5.74, 6) is -2.76. The third-order valence-electron chi connectivity index (χ3n) is 5.03. The number of aliphatic carboxylic acids is 1. The lowest BCUT2D eigenvalue weighted by atomic mass is 10.1. The van der Waals surface area contributed by atoms with Crippen LogP contribution in [-0.4, -0.2) is 56.2 Å². The topological polar surface area (TPSA) is 132 Å². The zero-order valence-electron chi connectivity index (χ0n) is 17.7. The summed E-state index contributed by atoms with van der Waals surface area (Å²) in [5.41, 5.74) is 1.65.